The number of esters is 1. The van der Waals surface area contributed by atoms with Gasteiger partial charge in [0.25, 0.3) is 0 Å². The fourth-order valence-corrected chi connectivity index (χ4v) is 2.75. The van der Waals surface area contributed by atoms with E-state index in [4.69, 9.17) is 29.8 Å². The standard InChI is InChI=1S/C18H25NO9/c1-9(17(23)24)26-16-14(19)18(28-13(7-20)15(16)22)25-8-11-5-3-4-6-12(11)27-10(2)21/h3-6,9,13-16,18,20,22H,7-8,19H2,1-2H3,(H,23,24)/t9-,13-,14-,15-,16-,18?/m1/s1. The van der Waals surface area contributed by atoms with Crippen LogP contribution in [0.15, 0.2) is 24.3 Å². The maximum atomic E-state index is 11.2. The highest BCUT2D eigenvalue weighted by atomic mass is 16.7. The first-order valence-corrected chi connectivity index (χ1v) is 8.70. The molecule has 1 fully saturated rings. The number of aliphatic hydroxyl groups excluding tert-OH is 2. The van der Waals surface area contributed by atoms with E-state index in [9.17, 15) is 19.8 Å². The molecule has 10 nitrogen and oxygen atoms in total. The van der Waals surface area contributed by atoms with Crippen LogP contribution in [0.5, 0.6) is 5.75 Å². The van der Waals surface area contributed by atoms with E-state index in [0.29, 0.717) is 11.3 Å². The molecule has 156 valence electrons. The molecule has 1 aliphatic heterocycles. The highest BCUT2D eigenvalue weighted by Gasteiger charge is 2.45. The van der Waals surface area contributed by atoms with Crippen molar-refractivity contribution >= 4 is 11.9 Å². The molecule has 1 aliphatic rings. The number of para-hydroxylation sites is 1. The number of ether oxygens (including phenoxy) is 4. The van der Waals surface area contributed by atoms with Crippen LogP contribution in [0.3, 0.4) is 0 Å². The maximum Gasteiger partial charge on any atom is 0.332 e. The van der Waals surface area contributed by atoms with Gasteiger partial charge in [-0.2, -0.15) is 0 Å². The molecule has 6 atom stereocenters. The predicted molar refractivity (Wildman–Crippen MR) is 94.2 cm³/mol. The van der Waals surface area contributed by atoms with Gasteiger partial charge in [0.05, 0.1) is 19.3 Å². The molecule has 0 saturated carbocycles. The molecule has 0 spiro atoms. The van der Waals surface area contributed by atoms with E-state index < -0.39 is 55.3 Å². The highest BCUT2D eigenvalue weighted by molar-refractivity contribution is 5.71. The minimum atomic E-state index is -1.34. The lowest BCUT2D eigenvalue weighted by Gasteiger charge is -2.43. The van der Waals surface area contributed by atoms with Crippen molar-refractivity contribution in [2.45, 2.75) is 57.2 Å². The van der Waals surface area contributed by atoms with E-state index in [2.05, 4.69) is 0 Å². The van der Waals surface area contributed by atoms with E-state index in [1.807, 2.05) is 0 Å². The molecule has 0 amide bonds. The smallest absolute Gasteiger partial charge is 0.332 e. The zero-order valence-electron chi connectivity index (χ0n) is 15.6. The third-order valence-corrected chi connectivity index (χ3v) is 4.24. The maximum absolute atomic E-state index is 11.2. The average Bonchev–Trinajstić information content (AvgIpc) is 2.65. The summed E-state index contributed by atoms with van der Waals surface area (Å²) in [5.41, 5.74) is 6.62. The van der Waals surface area contributed by atoms with E-state index in [0.717, 1.165) is 0 Å². The van der Waals surface area contributed by atoms with E-state index in [1.54, 1.807) is 24.3 Å². The van der Waals surface area contributed by atoms with Crippen LogP contribution in [0.2, 0.25) is 0 Å². The van der Waals surface area contributed by atoms with Crippen LogP contribution in [0, 0.1) is 0 Å². The van der Waals surface area contributed by atoms with E-state index in [1.165, 1.54) is 13.8 Å². The number of carbonyl (C=O) groups is 2. The lowest BCUT2D eigenvalue weighted by molar-refractivity contribution is -0.280. The van der Waals surface area contributed by atoms with Gasteiger partial charge in [0.2, 0.25) is 0 Å². The van der Waals surface area contributed by atoms with Crippen LogP contribution in [-0.2, 0) is 30.4 Å². The number of hydrogen-bond acceptors (Lipinski definition) is 9. The number of aliphatic carboxylic acids is 1. The van der Waals surface area contributed by atoms with Gasteiger partial charge < -0.3 is 40.0 Å². The largest absolute Gasteiger partial charge is 0.479 e. The lowest BCUT2D eigenvalue weighted by atomic mass is 9.97. The Morgan fingerprint density at radius 3 is 2.61 bits per heavy atom. The molecule has 2 rings (SSSR count). The molecule has 1 aromatic carbocycles. The summed E-state index contributed by atoms with van der Waals surface area (Å²) in [7, 11) is 0. The van der Waals surface area contributed by atoms with Gasteiger partial charge in [0, 0.05) is 12.5 Å². The first-order valence-electron chi connectivity index (χ1n) is 8.70. The van der Waals surface area contributed by atoms with Crippen molar-refractivity contribution < 1.29 is 43.9 Å². The minimum Gasteiger partial charge on any atom is -0.479 e. The van der Waals surface area contributed by atoms with Crippen LogP contribution >= 0.6 is 0 Å². The summed E-state index contributed by atoms with van der Waals surface area (Å²) in [6.45, 7) is 1.99. The van der Waals surface area contributed by atoms with Crippen molar-refractivity contribution in [2.75, 3.05) is 6.61 Å². The molecule has 0 radical (unpaired) electrons. The summed E-state index contributed by atoms with van der Waals surface area (Å²) in [6.07, 6.45) is -5.87. The van der Waals surface area contributed by atoms with Crippen LogP contribution in [0.1, 0.15) is 19.4 Å². The van der Waals surface area contributed by atoms with Crippen molar-refractivity contribution in [3.05, 3.63) is 29.8 Å². The first-order chi connectivity index (χ1) is 13.2. The topological polar surface area (TPSA) is 158 Å². The van der Waals surface area contributed by atoms with Crippen molar-refractivity contribution in [3.63, 3.8) is 0 Å². The number of nitrogens with two attached hydrogens (primary N) is 1. The Bertz CT molecular complexity index is 683. The summed E-state index contributed by atoms with van der Waals surface area (Å²) in [6, 6.07) is 5.68. The molecule has 1 aromatic rings. The molecule has 1 unspecified atom stereocenters. The van der Waals surface area contributed by atoms with Gasteiger partial charge in [0.1, 0.15) is 24.1 Å². The number of hydrogen-bond donors (Lipinski definition) is 4. The fraction of sp³-hybridized carbons (Fsp3) is 0.556. The Balaban J connectivity index is 2.12. The molecular weight excluding hydrogens is 374 g/mol. The summed E-state index contributed by atoms with van der Waals surface area (Å²) in [5.74, 6) is -1.40. The zero-order valence-corrected chi connectivity index (χ0v) is 15.6. The average molecular weight is 399 g/mol. The van der Waals surface area contributed by atoms with Crippen molar-refractivity contribution in [3.8, 4) is 5.75 Å². The van der Waals surface area contributed by atoms with Crippen molar-refractivity contribution in [1.82, 2.24) is 0 Å². The van der Waals surface area contributed by atoms with Gasteiger partial charge >= 0.3 is 11.9 Å². The molecule has 1 saturated heterocycles. The Labute approximate surface area is 161 Å². The second kappa shape index (κ2) is 9.92. The molecule has 10 heteroatoms. The number of carboxylic acids is 1. The molecule has 0 aromatic heterocycles. The normalized spacial score (nSPS) is 28.5. The Morgan fingerprint density at radius 2 is 2.00 bits per heavy atom. The second-order valence-electron chi connectivity index (χ2n) is 6.39. The molecule has 5 N–H and O–H groups in total. The van der Waals surface area contributed by atoms with E-state index >= 15 is 0 Å². The quantitative estimate of drug-likeness (QED) is 0.328. The fourth-order valence-electron chi connectivity index (χ4n) is 2.75. The molecular formula is C18H25NO9. The van der Waals surface area contributed by atoms with Gasteiger partial charge in [0.15, 0.2) is 12.4 Å². The monoisotopic (exact) mass is 399 g/mol. The molecule has 28 heavy (non-hydrogen) atoms. The third-order valence-electron chi connectivity index (χ3n) is 4.24. The number of rotatable bonds is 8. The van der Waals surface area contributed by atoms with Crippen LogP contribution in [0.4, 0.5) is 0 Å². The highest BCUT2D eigenvalue weighted by Crippen LogP contribution is 2.26. The Hall–Kier alpha value is -2.08. The van der Waals surface area contributed by atoms with Crippen LogP contribution < -0.4 is 10.5 Å². The summed E-state index contributed by atoms with van der Waals surface area (Å²) in [4.78, 5) is 22.3. The number of carbonyl (C=O) groups excluding carboxylic acids is 1. The summed E-state index contributed by atoms with van der Waals surface area (Å²) < 4.78 is 21.6. The van der Waals surface area contributed by atoms with Gasteiger partial charge in [-0.3, -0.25) is 4.79 Å². The SMILES string of the molecule is CC(=O)Oc1ccccc1COC1O[C@H](CO)[C@@H](O)[C@H](O[C@H](C)C(=O)O)[C@H]1N. The van der Waals surface area contributed by atoms with Crippen molar-refractivity contribution in [1.29, 1.82) is 0 Å². The summed E-state index contributed by atoms with van der Waals surface area (Å²) >= 11 is 0. The van der Waals surface area contributed by atoms with Gasteiger partial charge in [-0.05, 0) is 13.0 Å². The summed E-state index contributed by atoms with van der Waals surface area (Å²) in [5, 5.41) is 28.8. The van der Waals surface area contributed by atoms with Gasteiger partial charge in [-0.15, -0.1) is 0 Å². The number of benzene rings is 1. The first kappa shape index (κ1) is 22.2. The van der Waals surface area contributed by atoms with Crippen molar-refractivity contribution in [2.24, 2.45) is 5.73 Å². The third kappa shape index (κ3) is 5.47. The van der Waals surface area contributed by atoms with Crippen LogP contribution in [0.25, 0.3) is 0 Å². The zero-order chi connectivity index (χ0) is 20.8. The molecule has 0 bridgehead atoms. The molecule has 0 aliphatic carbocycles. The lowest BCUT2D eigenvalue weighted by Crippen LogP contribution is -2.64. The molecule has 1 heterocycles. The predicted octanol–water partition coefficient (Wildman–Crippen LogP) is -0.608. The minimum absolute atomic E-state index is 0.0444. The van der Waals surface area contributed by atoms with Gasteiger partial charge in [-0.1, -0.05) is 18.2 Å². The van der Waals surface area contributed by atoms with E-state index in [-0.39, 0.29) is 6.61 Å². The Morgan fingerprint density at radius 1 is 1.32 bits per heavy atom. The van der Waals surface area contributed by atoms with Gasteiger partial charge in [-0.25, -0.2) is 4.79 Å². The Kier molecular flexibility index (Phi) is 7.87. The number of carboxylic acid groups (broad SMARTS) is 1. The van der Waals surface area contributed by atoms with Crippen LogP contribution in [-0.4, -0.2) is 70.6 Å². The second-order valence-corrected chi connectivity index (χ2v) is 6.39. The number of aliphatic hydroxyl groups is 2.